The molecule has 0 aromatic heterocycles. The number of carbonyl (C=O) groups excluding carboxylic acids is 1. The minimum Gasteiger partial charge on any atom is -0.493 e. The van der Waals surface area contributed by atoms with Crippen molar-refractivity contribution in [1.29, 1.82) is 0 Å². The van der Waals surface area contributed by atoms with Gasteiger partial charge in [-0.1, -0.05) is 67.6 Å². The van der Waals surface area contributed by atoms with Crippen LogP contribution in [0, 0.1) is 0 Å². The second kappa shape index (κ2) is 8.15. The van der Waals surface area contributed by atoms with Crippen LogP contribution in [0.5, 0.6) is 11.5 Å². The van der Waals surface area contributed by atoms with Gasteiger partial charge in [0.25, 0.3) is 0 Å². The topological polar surface area (TPSA) is 35.5 Å². The lowest BCUT2D eigenvalue weighted by Crippen LogP contribution is -2.11. The van der Waals surface area contributed by atoms with Crippen molar-refractivity contribution in [2.75, 3.05) is 6.61 Å². The molecule has 126 valence electrons. The summed E-state index contributed by atoms with van der Waals surface area (Å²) in [4.78, 5) is 12.7. The molecule has 3 rings (SSSR count). The average Bonchev–Trinajstić information content (AvgIpc) is 2.67. The molecular weight excluding hydrogens is 312 g/mol. The van der Waals surface area contributed by atoms with Gasteiger partial charge in [-0.3, -0.25) is 0 Å². The highest BCUT2D eigenvalue weighted by Gasteiger charge is 2.16. The van der Waals surface area contributed by atoms with Crippen molar-refractivity contribution in [1.82, 2.24) is 0 Å². The predicted octanol–water partition coefficient (Wildman–Crippen LogP) is 5.36. The van der Waals surface area contributed by atoms with E-state index < -0.39 is 5.97 Å². The molecule has 0 saturated heterocycles. The molecule has 0 fully saturated rings. The monoisotopic (exact) mass is 332 g/mol. The molecule has 0 unspecified atom stereocenters. The number of hydrogen-bond acceptors (Lipinski definition) is 3. The van der Waals surface area contributed by atoms with Gasteiger partial charge < -0.3 is 9.47 Å². The fourth-order valence-corrected chi connectivity index (χ4v) is 2.54. The predicted molar refractivity (Wildman–Crippen MR) is 99.1 cm³/mol. The summed E-state index contributed by atoms with van der Waals surface area (Å²) in [6.45, 7) is 2.59. The van der Waals surface area contributed by atoms with Crippen molar-refractivity contribution < 1.29 is 14.3 Å². The lowest BCUT2D eigenvalue weighted by molar-refractivity contribution is 0.0731. The normalized spacial score (nSPS) is 10.3. The highest BCUT2D eigenvalue weighted by atomic mass is 16.5. The van der Waals surface area contributed by atoms with Crippen LogP contribution in [0.25, 0.3) is 11.1 Å². The Balaban J connectivity index is 1.88. The number of esters is 1. The molecule has 25 heavy (non-hydrogen) atoms. The number of ether oxygens (including phenoxy) is 2. The minimum absolute atomic E-state index is 0.421. The molecule has 0 atom stereocenters. The van der Waals surface area contributed by atoms with Crippen LogP contribution in [0.4, 0.5) is 0 Å². The van der Waals surface area contributed by atoms with E-state index in [0.717, 1.165) is 17.5 Å². The molecule has 3 heteroatoms. The smallest absolute Gasteiger partial charge is 0.347 e. The molecule has 0 radical (unpaired) electrons. The summed E-state index contributed by atoms with van der Waals surface area (Å²) in [5.74, 6) is 0.658. The molecule has 0 N–H and O–H groups in total. The summed E-state index contributed by atoms with van der Waals surface area (Å²) in [6, 6.07) is 24.5. The summed E-state index contributed by atoms with van der Waals surface area (Å²) in [5.41, 5.74) is 2.31. The van der Waals surface area contributed by atoms with E-state index in [4.69, 9.17) is 9.47 Å². The number of hydrogen-bond donors (Lipinski definition) is 0. The Morgan fingerprint density at radius 1 is 0.800 bits per heavy atom. The van der Waals surface area contributed by atoms with Crippen molar-refractivity contribution in [2.45, 2.75) is 13.3 Å². The summed E-state index contributed by atoms with van der Waals surface area (Å²) in [5, 5.41) is 0. The fourth-order valence-electron chi connectivity index (χ4n) is 2.54. The first-order chi connectivity index (χ1) is 12.3. The largest absolute Gasteiger partial charge is 0.493 e. The first-order valence-electron chi connectivity index (χ1n) is 8.38. The molecule has 3 nitrogen and oxygen atoms in total. The van der Waals surface area contributed by atoms with E-state index in [1.165, 1.54) is 0 Å². The van der Waals surface area contributed by atoms with Crippen LogP contribution in [0.2, 0.25) is 0 Å². The maximum absolute atomic E-state index is 12.7. The van der Waals surface area contributed by atoms with E-state index in [1.807, 2.05) is 61.5 Å². The number of carbonyl (C=O) groups is 1. The van der Waals surface area contributed by atoms with E-state index in [0.29, 0.717) is 23.7 Å². The van der Waals surface area contributed by atoms with Crippen LogP contribution >= 0.6 is 0 Å². The van der Waals surface area contributed by atoms with E-state index in [-0.39, 0.29) is 0 Å². The molecule has 0 amide bonds. The summed E-state index contributed by atoms with van der Waals surface area (Å²) in [6.07, 6.45) is 0.875. The Kier molecular flexibility index (Phi) is 5.47. The Morgan fingerprint density at radius 2 is 1.44 bits per heavy atom. The van der Waals surface area contributed by atoms with Crippen molar-refractivity contribution in [2.24, 2.45) is 0 Å². The highest BCUT2D eigenvalue weighted by Crippen LogP contribution is 2.31. The molecule has 0 aliphatic rings. The molecule has 0 aliphatic heterocycles. The molecule has 3 aromatic carbocycles. The average molecular weight is 332 g/mol. The van der Waals surface area contributed by atoms with Crippen LogP contribution in [-0.4, -0.2) is 12.6 Å². The third-order valence-corrected chi connectivity index (χ3v) is 3.74. The van der Waals surface area contributed by atoms with Crippen molar-refractivity contribution in [3.05, 3.63) is 84.4 Å². The Morgan fingerprint density at radius 3 is 2.20 bits per heavy atom. The van der Waals surface area contributed by atoms with Gasteiger partial charge in [0.1, 0.15) is 17.1 Å². The third-order valence-electron chi connectivity index (χ3n) is 3.74. The van der Waals surface area contributed by atoms with E-state index in [2.05, 4.69) is 0 Å². The maximum atomic E-state index is 12.7. The molecule has 0 bridgehead atoms. The van der Waals surface area contributed by atoms with Gasteiger partial charge in [-0.2, -0.15) is 0 Å². The van der Waals surface area contributed by atoms with E-state index in [9.17, 15) is 4.79 Å². The van der Waals surface area contributed by atoms with Gasteiger partial charge in [-0.25, -0.2) is 4.79 Å². The number of rotatable bonds is 6. The molecular formula is C22H20O3. The van der Waals surface area contributed by atoms with Crippen LogP contribution in [0.15, 0.2) is 78.9 Å². The second-order valence-corrected chi connectivity index (χ2v) is 5.60. The van der Waals surface area contributed by atoms with Crippen LogP contribution in [0.1, 0.15) is 23.7 Å². The first kappa shape index (κ1) is 16.8. The standard InChI is InChI=1S/C22H20O3/c1-2-16-24-20-14-8-7-13-19(20)22(23)25-21-15-9-6-12-18(21)17-10-4-3-5-11-17/h3-15H,2,16H2,1H3. The van der Waals surface area contributed by atoms with Gasteiger partial charge in [-0.05, 0) is 30.2 Å². The molecule has 0 spiro atoms. The highest BCUT2D eigenvalue weighted by molar-refractivity contribution is 5.94. The molecule has 0 heterocycles. The maximum Gasteiger partial charge on any atom is 0.347 e. The quantitative estimate of drug-likeness (QED) is 0.450. The fraction of sp³-hybridized carbons (Fsp3) is 0.136. The Labute approximate surface area is 147 Å². The summed E-state index contributed by atoms with van der Waals surface area (Å²) in [7, 11) is 0. The zero-order valence-corrected chi connectivity index (χ0v) is 14.1. The second-order valence-electron chi connectivity index (χ2n) is 5.60. The van der Waals surface area contributed by atoms with E-state index in [1.54, 1.807) is 24.3 Å². The summed E-state index contributed by atoms with van der Waals surface area (Å²) >= 11 is 0. The van der Waals surface area contributed by atoms with Crippen molar-refractivity contribution in [3.63, 3.8) is 0 Å². The SMILES string of the molecule is CCCOc1ccccc1C(=O)Oc1ccccc1-c1ccccc1. The number of benzene rings is 3. The van der Waals surface area contributed by atoms with Crippen LogP contribution in [0.3, 0.4) is 0 Å². The third kappa shape index (κ3) is 4.07. The van der Waals surface area contributed by atoms with Gasteiger partial charge in [0.15, 0.2) is 0 Å². The van der Waals surface area contributed by atoms with Gasteiger partial charge >= 0.3 is 5.97 Å². The number of para-hydroxylation sites is 2. The van der Waals surface area contributed by atoms with E-state index >= 15 is 0 Å². The minimum atomic E-state index is -0.421. The Bertz CT molecular complexity index is 841. The van der Waals surface area contributed by atoms with Gasteiger partial charge in [0, 0.05) is 5.56 Å². The van der Waals surface area contributed by atoms with Gasteiger partial charge in [0.05, 0.1) is 6.61 Å². The Hall–Kier alpha value is -3.07. The molecule has 0 saturated carbocycles. The summed E-state index contributed by atoms with van der Waals surface area (Å²) < 4.78 is 11.3. The van der Waals surface area contributed by atoms with Crippen molar-refractivity contribution in [3.8, 4) is 22.6 Å². The zero-order chi connectivity index (χ0) is 17.5. The van der Waals surface area contributed by atoms with Crippen LogP contribution in [-0.2, 0) is 0 Å². The zero-order valence-electron chi connectivity index (χ0n) is 14.1. The molecule has 3 aromatic rings. The lowest BCUT2D eigenvalue weighted by Gasteiger charge is -2.13. The van der Waals surface area contributed by atoms with Gasteiger partial charge in [0.2, 0.25) is 0 Å². The van der Waals surface area contributed by atoms with Crippen molar-refractivity contribution >= 4 is 5.97 Å². The first-order valence-corrected chi connectivity index (χ1v) is 8.38. The lowest BCUT2D eigenvalue weighted by atomic mass is 10.0. The van der Waals surface area contributed by atoms with Gasteiger partial charge in [-0.15, -0.1) is 0 Å². The molecule has 0 aliphatic carbocycles. The van der Waals surface area contributed by atoms with Crippen LogP contribution < -0.4 is 9.47 Å².